The van der Waals surface area contributed by atoms with E-state index >= 15 is 0 Å². The van der Waals surface area contributed by atoms with Crippen LogP contribution in [-0.4, -0.2) is 81.5 Å². The van der Waals surface area contributed by atoms with Gasteiger partial charge in [-0.25, -0.2) is 4.79 Å². The molecule has 0 radical (unpaired) electrons. The summed E-state index contributed by atoms with van der Waals surface area (Å²) in [5, 5.41) is 0. The number of piperazine rings is 1. The molecule has 2 aliphatic heterocycles. The van der Waals surface area contributed by atoms with Crippen molar-refractivity contribution in [3.05, 3.63) is 28.7 Å². The molecule has 3 heterocycles. The highest BCUT2D eigenvalue weighted by Crippen LogP contribution is 2.32. The van der Waals surface area contributed by atoms with Gasteiger partial charge in [-0.15, -0.1) is 0 Å². The lowest BCUT2D eigenvalue weighted by atomic mass is 10.1. The average Bonchev–Trinajstić information content (AvgIpc) is 3.07. The summed E-state index contributed by atoms with van der Waals surface area (Å²) >= 11 is 0. The topological polar surface area (TPSA) is 97.1 Å². The third kappa shape index (κ3) is 5.34. The van der Waals surface area contributed by atoms with Gasteiger partial charge in [-0.1, -0.05) is 0 Å². The molecule has 2 unspecified atom stereocenters. The molecule has 2 atom stereocenters. The van der Waals surface area contributed by atoms with E-state index < -0.39 is 11.6 Å². The van der Waals surface area contributed by atoms with Crippen LogP contribution in [0.5, 0.6) is 0 Å². The summed E-state index contributed by atoms with van der Waals surface area (Å²) < 4.78 is 9.81. The van der Waals surface area contributed by atoms with Crippen molar-refractivity contribution in [1.82, 2.24) is 18.7 Å². The minimum absolute atomic E-state index is 0.0486. The van der Waals surface area contributed by atoms with Crippen molar-refractivity contribution in [2.75, 3.05) is 44.3 Å². The lowest BCUT2D eigenvalue weighted by Crippen LogP contribution is -2.47. The van der Waals surface area contributed by atoms with Gasteiger partial charge in [-0.05, 0) is 60.8 Å². The van der Waals surface area contributed by atoms with Crippen molar-refractivity contribution in [3.63, 3.8) is 0 Å². The highest BCUT2D eigenvalue weighted by atomic mass is 31.1. The predicted octanol–water partition coefficient (Wildman–Crippen LogP) is 2.11. The molecular formula is C25H36N5O5P. The zero-order valence-electron chi connectivity index (χ0n) is 21.7. The number of amides is 2. The Bertz CT molecular complexity index is 1220. The maximum atomic E-state index is 13.2. The summed E-state index contributed by atoms with van der Waals surface area (Å²) in [5.41, 5.74) is 1.77. The average molecular weight is 518 g/mol. The number of ether oxygens (including phenoxy) is 1. The maximum Gasteiger partial charge on any atom is 0.329 e. The van der Waals surface area contributed by atoms with Gasteiger partial charge in [0.1, 0.15) is 11.6 Å². The first-order valence-corrected chi connectivity index (χ1v) is 13.9. The van der Waals surface area contributed by atoms with Crippen LogP contribution in [0.4, 0.5) is 5.69 Å². The number of hydrogen-bond donors (Lipinski definition) is 0. The zero-order chi connectivity index (χ0) is 26.2. The SMILES string of the molecule is CPN1C(=O)CCC(n2c(=O)n(C)c3cc(N4CCN(CCC(=O)OC(C)(C)C)CC4)ccc32)C1=O. The number of benzene rings is 1. The number of fused-ring (bicyclic) bond motifs is 1. The van der Waals surface area contributed by atoms with E-state index in [4.69, 9.17) is 4.74 Å². The molecule has 0 N–H and O–H groups in total. The number of aromatic nitrogens is 2. The van der Waals surface area contributed by atoms with E-state index in [0.717, 1.165) is 37.4 Å². The van der Waals surface area contributed by atoms with E-state index in [-0.39, 0.29) is 38.6 Å². The predicted molar refractivity (Wildman–Crippen MR) is 141 cm³/mol. The Morgan fingerprint density at radius 2 is 1.78 bits per heavy atom. The second-order valence-corrected chi connectivity index (χ2v) is 11.3. The normalized spacial score (nSPS) is 20.2. The molecule has 2 fully saturated rings. The maximum absolute atomic E-state index is 13.2. The number of carbonyl (C=O) groups excluding carboxylic acids is 3. The zero-order valence-corrected chi connectivity index (χ0v) is 22.7. The van der Waals surface area contributed by atoms with Gasteiger partial charge in [0, 0.05) is 51.9 Å². The smallest absolute Gasteiger partial charge is 0.329 e. The van der Waals surface area contributed by atoms with E-state index in [1.165, 1.54) is 4.67 Å². The van der Waals surface area contributed by atoms with Crippen LogP contribution in [0.1, 0.15) is 46.1 Å². The lowest BCUT2D eigenvalue weighted by molar-refractivity contribution is -0.155. The Morgan fingerprint density at radius 1 is 1.08 bits per heavy atom. The second kappa shape index (κ2) is 10.3. The molecule has 0 aliphatic carbocycles. The quantitative estimate of drug-likeness (QED) is 0.329. The van der Waals surface area contributed by atoms with Gasteiger partial charge >= 0.3 is 11.7 Å². The Balaban J connectivity index is 1.46. The molecule has 2 aromatic rings. The van der Waals surface area contributed by atoms with Crippen molar-refractivity contribution in [1.29, 1.82) is 0 Å². The molecule has 11 heteroatoms. The second-order valence-electron chi connectivity index (χ2n) is 10.4. The summed E-state index contributed by atoms with van der Waals surface area (Å²) in [6.07, 6.45) is 0.974. The van der Waals surface area contributed by atoms with E-state index in [2.05, 4.69) is 9.80 Å². The van der Waals surface area contributed by atoms with Gasteiger partial charge in [-0.2, -0.15) is 0 Å². The molecule has 0 saturated carbocycles. The van der Waals surface area contributed by atoms with Crippen LogP contribution in [0.2, 0.25) is 0 Å². The Kier molecular flexibility index (Phi) is 7.57. The summed E-state index contributed by atoms with van der Waals surface area (Å²) in [6.45, 7) is 11.4. The fraction of sp³-hybridized carbons (Fsp3) is 0.600. The Morgan fingerprint density at radius 3 is 2.42 bits per heavy atom. The van der Waals surface area contributed by atoms with Crippen LogP contribution >= 0.6 is 8.73 Å². The number of imidazole rings is 1. The number of anilines is 1. The van der Waals surface area contributed by atoms with E-state index in [1.807, 2.05) is 39.0 Å². The van der Waals surface area contributed by atoms with Gasteiger partial charge in [-0.3, -0.25) is 33.1 Å². The lowest BCUT2D eigenvalue weighted by Gasteiger charge is -2.36. The number of aryl methyl sites for hydroxylation is 1. The molecular weight excluding hydrogens is 481 g/mol. The molecule has 2 saturated heterocycles. The molecule has 2 amide bonds. The van der Waals surface area contributed by atoms with Gasteiger partial charge < -0.3 is 9.64 Å². The number of rotatable bonds is 6. The van der Waals surface area contributed by atoms with Gasteiger partial charge in [0.2, 0.25) is 5.91 Å². The molecule has 196 valence electrons. The van der Waals surface area contributed by atoms with Gasteiger partial charge in [0.05, 0.1) is 17.5 Å². The number of carbonyl (C=O) groups is 3. The van der Waals surface area contributed by atoms with E-state index in [0.29, 0.717) is 24.9 Å². The largest absolute Gasteiger partial charge is 0.460 e. The third-order valence-electron chi connectivity index (χ3n) is 6.78. The van der Waals surface area contributed by atoms with Crippen LogP contribution in [0.15, 0.2) is 23.0 Å². The minimum Gasteiger partial charge on any atom is -0.460 e. The number of imide groups is 1. The van der Waals surface area contributed by atoms with Crippen molar-refractivity contribution >= 4 is 43.2 Å². The van der Waals surface area contributed by atoms with Crippen LogP contribution in [0.3, 0.4) is 0 Å². The molecule has 0 bridgehead atoms. The van der Waals surface area contributed by atoms with Gasteiger partial charge in [0.25, 0.3) is 5.91 Å². The number of piperidine rings is 1. The Hall–Kier alpha value is -2.71. The van der Waals surface area contributed by atoms with E-state index in [9.17, 15) is 19.2 Å². The van der Waals surface area contributed by atoms with Crippen molar-refractivity contribution in [2.24, 2.45) is 7.05 Å². The van der Waals surface area contributed by atoms with E-state index in [1.54, 1.807) is 22.8 Å². The van der Waals surface area contributed by atoms with Crippen LogP contribution < -0.4 is 10.6 Å². The molecule has 4 rings (SSSR count). The van der Waals surface area contributed by atoms with Gasteiger partial charge in [0.15, 0.2) is 0 Å². The van der Waals surface area contributed by atoms with Crippen LogP contribution in [0.25, 0.3) is 11.0 Å². The molecule has 10 nitrogen and oxygen atoms in total. The molecule has 36 heavy (non-hydrogen) atoms. The monoisotopic (exact) mass is 517 g/mol. The summed E-state index contributed by atoms with van der Waals surface area (Å²) in [4.78, 5) is 54.8. The fourth-order valence-corrected chi connectivity index (χ4v) is 5.69. The first kappa shape index (κ1) is 26.4. The highest BCUT2D eigenvalue weighted by molar-refractivity contribution is 7.36. The van der Waals surface area contributed by atoms with Crippen molar-refractivity contribution in [3.8, 4) is 0 Å². The minimum atomic E-state index is -0.661. The van der Waals surface area contributed by atoms with Crippen LogP contribution in [0, 0.1) is 0 Å². The van der Waals surface area contributed by atoms with Crippen LogP contribution in [-0.2, 0) is 26.2 Å². The fourth-order valence-electron chi connectivity index (χ4n) is 4.96. The third-order valence-corrected chi connectivity index (χ3v) is 7.70. The standard InChI is InChI=1S/C25H36N5O5P/c1-25(2,3)35-22(32)10-11-27-12-14-28(15-13-27)17-6-7-18-20(16-17)26(4)24(34)29(18)19-8-9-21(31)30(36-5)23(19)33/h6-7,16,19,36H,8-15H2,1-5H3. The Labute approximate surface area is 213 Å². The first-order valence-electron chi connectivity index (χ1n) is 12.4. The number of nitrogens with zero attached hydrogens (tertiary/aromatic N) is 5. The molecule has 2 aliphatic rings. The highest BCUT2D eigenvalue weighted by Gasteiger charge is 2.36. The molecule has 1 aromatic heterocycles. The number of esters is 1. The first-order chi connectivity index (χ1) is 17.0. The number of hydrogen-bond acceptors (Lipinski definition) is 7. The van der Waals surface area contributed by atoms with Crippen molar-refractivity contribution in [2.45, 2.75) is 51.7 Å². The molecule has 1 aromatic carbocycles. The summed E-state index contributed by atoms with van der Waals surface area (Å²) in [5.74, 6) is -0.643. The molecule has 0 spiro atoms. The van der Waals surface area contributed by atoms with Crippen molar-refractivity contribution < 1.29 is 19.1 Å². The summed E-state index contributed by atoms with van der Waals surface area (Å²) in [6, 6.07) is 5.24. The summed E-state index contributed by atoms with van der Waals surface area (Å²) in [7, 11) is 1.77.